The number of benzene rings is 2. The molecule has 4 N–H and O–H groups in total. The quantitative estimate of drug-likeness (QED) is 0.486. The minimum absolute atomic E-state index is 0.00130. The summed E-state index contributed by atoms with van der Waals surface area (Å²) in [4.78, 5) is 34.4. The lowest BCUT2D eigenvalue weighted by Crippen LogP contribution is -2.23. The highest BCUT2D eigenvalue weighted by Gasteiger charge is 2.23. The molecule has 0 spiro atoms. The SMILES string of the molecule is CS(=O)c1ccccc1Nc1nc(Nc2cc(N3CCCC3=O)ccc2F)ncc1C(N)=O. The van der Waals surface area contributed by atoms with Gasteiger partial charge in [0.15, 0.2) is 0 Å². The number of nitrogens with zero attached hydrogens (tertiary/aromatic N) is 3. The van der Waals surface area contributed by atoms with Gasteiger partial charge in [0.2, 0.25) is 11.9 Å². The lowest BCUT2D eigenvalue weighted by Gasteiger charge is -2.17. The first-order valence-corrected chi connectivity index (χ1v) is 11.6. The van der Waals surface area contributed by atoms with Crippen LogP contribution in [0.1, 0.15) is 23.2 Å². The molecular formula is C22H21FN6O3S. The molecule has 1 unspecified atom stereocenters. The van der Waals surface area contributed by atoms with E-state index in [-0.39, 0.29) is 28.9 Å². The first kappa shape index (κ1) is 22.3. The fraction of sp³-hybridized carbons (Fsp3) is 0.182. The Morgan fingerprint density at radius 1 is 1.18 bits per heavy atom. The number of para-hydroxylation sites is 1. The van der Waals surface area contributed by atoms with Crippen molar-refractivity contribution in [2.75, 3.05) is 28.3 Å². The standard InChI is InChI=1S/C22H21FN6O3S/c1-33(32)18-6-3-2-5-16(18)26-21-14(20(24)31)12-25-22(28-21)27-17-11-13(8-9-15(17)23)29-10-4-7-19(29)30/h2-3,5-6,8-9,11-12H,4,7,10H2,1H3,(H2,24,31)(H2,25,26,27,28). The summed E-state index contributed by atoms with van der Waals surface area (Å²) >= 11 is 0. The number of nitrogens with two attached hydrogens (primary N) is 1. The monoisotopic (exact) mass is 468 g/mol. The summed E-state index contributed by atoms with van der Waals surface area (Å²) in [6.45, 7) is 0.569. The van der Waals surface area contributed by atoms with E-state index in [0.717, 1.165) is 6.42 Å². The average molecular weight is 469 g/mol. The summed E-state index contributed by atoms with van der Waals surface area (Å²) in [5, 5.41) is 5.77. The molecule has 33 heavy (non-hydrogen) atoms. The van der Waals surface area contributed by atoms with E-state index in [1.807, 2.05) is 0 Å². The molecule has 3 aromatic rings. The number of carbonyl (C=O) groups is 2. The molecule has 0 bridgehead atoms. The van der Waals surface area contributed by atoms with Gasteiger partial charge in [-0.05, 0) is 36.8 Å². The van der Waals surface area contributed by atoms with Crippen LogP contribution in [0.2, 0.25) is 0 Å². The number of anilines is 5. The van der Waals surface area contributed by atoms with Gasteiger partial charge in [0.05, 0.1) is 27.1 Å². The van der Waals surface area contributed by atoms with Crippen LogP contribution in [0.5, 0.6) is 0 Å². The van der Waals surface area contributed by atoms with E-state index in [9.17, 15) is 18.2 Å². The zero-order valence-electron chi connectivity index (χ0n) is 17.7. The Morgan fingerprint density at radius 2 is 1.97 bits per heavy atom. The van der Waals surface area contributed by atoms with Crippen molar-refractivity contribution in [3.05, 3.63) is 60.0 Å². The normalized spacial score (nSPS) is 14.2. The summed E-state index contributed by atoms with van der Waals surface area (Å²) in [5.41, 5.74) is 6.58. The van der Waals surface area contributed by atoms with Crippen LogP contribution in [0, 0.1) is 5.82 Å². The van der Waals surface area contributed by atoms with Crippen LogP contribution < -0.4 is 21.3 Å². The van der Waals surface area contributed by atoms with E-state index in [2.05, 4.69) is 20.6 Å². The van der Waals surface area contributed by atoms with E-state index in [1.165, 1.54) is 30.7 Å². The molecule has 1 saturated heterocycles. The number of nitrogens with one attached hydrogen (secondary N) is 2. The zero-order valence-corrected chi connectivity index (χ0v) is 18.5. The van der Waals surface area contributed by atoms with Crippen LogP contribution in [0.25, 0.3) is 0 Å². The van der Waals surface area contributed by atoms with Gasteiger partial charge in [-0.1, -0.05) is 12.1 Å². The van der Waals surface area contributed by atoms with Gasteiger partial charge in [0.1, 0.15) is 17.2 Å². The van der Waals surface area contributed by atoms with E-state index in [0.29, 0.717) is 29.2 Å². The number of amides is 2. The minimum Gasteiger partial charge on any atom is -0.365 e. The van der Waals surface area contributed by atoms with Crippen LogP contribution in [-0.4, -0.2) is 38.8 Å². The molecule has 2 heterocycles. The molecule has 4 rings (SSSR count). The topological polar surface area (TPSA) is 130 Å². The lowest BCUT2D eigenvalue weighted by molar-refractivity contribution is -0.117. The van der Waals surface area contributed by atoms with Crippen molar-refractivity contribution in [3.63, 3.8) is 0 Å². The molecule has 2 amide bonds. The van der Waals surface area contributed by atoms with Gasteiger partial charge in [0, 0.05) is 31.1 Å². The van der Waals surface area contributed by atoms with Crippen molar-refractivity contribution in [3.8, 4) is 0 Å². The van der Waals surface area contributed by atoms with E-state index >= 15 is 0 Å². The molecule has 1 atom stereocenters. The van der Waals surface area contributed by atoms with E-state index in [1.54, 1.807) is 29.2 Å². The number of primary amides is 1. The summed E-state index contributed by atoms with van der Waals surface area (Å²) in [5.74, 6) is -1.27. The van der Waals surface area contributed by atoms with Crippen LogP contribution >= 0.6 is 0 Å². The van der Waals surface area contributed by atoms with Gasteiger partial charge in [0.25, 0.3) is 5.91 Å². The molecule has 1 aliphatic rings. The highest BCUT2D eigenvalue weighted by molar-refractivity contribution is 7.84. The molecule has 1 aromatic heterocycles. The summed E-state index contributed by atoms with van der Waals surface area (Å²) in [7, 11) is -1.30. The Bertz CT molecular complexity index is 1270. The second-order valence-corrected chi connectivity index (χ2v) is 8.68. The van der Waals surface area contributed by atoms with Gasteiger partial charge in [-0.25, -0.2) is 9.37 Å². The molecule has 170 valence electrons. The zero-order chi connectivity index (χ0) is 23.5. The Labute approximate surface area is 191 Å². The maximum atomic E-state index is 14.5. The van der Waals surface area contributed by atoms with Gasteiger partial charge in [-0.15, -0.1) is 0 Å². The first-order chi connectivity index (χ1) is 15.8. The smallest absolute Gasteiger partial charge is 0.254 e. The molecule has 1 fully saturated rings. The van der Waals surface area contributed by atoms with E-state index in [4.69, 9.17) is 5.73 Å². The molecular weight excluding hydrogens is 447 g/mol. The molecule has 0 aliphatic carbocycles. The summed E-state index contributed by atoms with van der Waals surface area (Å²) < 4.78 is 26.5. The lowest BCUT2D eigenvalue weighted by atomic mass is 10.2. The number of rotatable bonds is 7. The average Bonchev–Trinajstić information content (AvgIpc) is 3.21. The largest absolute Gasteiger partial charge is 0.365 e. The fourth-order valence-corrected chi connectivity index (χ4v) is 4.18. The van der Waals surface area contributed by atoms with E-state index < -0.39 is 22.5 Å². The van der Waals surface area contributed by atoms with Crippen molar-refractivity contribution < 1.29 is 18.2 Å². The molecule has 0 radical (unpaired) electrons. The summed E-state index contributed by atoms with van der Waals surface area (Å²) in [6.07, 6.45) is 3.95. The fourth-order valence-electron chi connectivity index (χ4n) is 3.48. The van der Waals surface area contributed by atoms with Crippen LogP contribution in [0.3, 0.4) is 0 Å². The molecule has 0 saturated carbocycles. The second-order valence-electron chi connectivity index (χ2n) is 7.33. The van der Waals surface area contributed by atoms with Crippen molar-refractivity contribution in [2.45, 2.75) is 17.7 Å². The number of carbonyl (C=O) groups excluding carboxylic acids is 2. The van der Waals surface area contributed by atoms with Crippen molar-refractivity contribution in [1.29, 1.82) is 0 Å². The van der Waals surface area contributed by atoms with Crippen molar-refractivity contribution in [1.82, 2.24) is 9.97 Å². The van der Waals surface area contributed by atoms with Crippen LogP contribution in [-0.2, 0) is 15.6 Å². The number of hydrogen-bond donors (Lipinski definition) is 3. The first-order valence-electron chi connectivity index (χ1n) is 10.1. The molecule has 11 heteroatoms. The maximum Gasteiger partial charge on any atom is 0.254 e. The van der Waals surface area contributed by atoms with Gasteiger partial charge in [-0.3, -0.25) is 13.8 Å². The minimum atomic E-state index is -1.30. The molecule has 2 aromatic carbocycles. The Morgan fingerprint density at radius 3 is 2.67 bits per heavy atom. The highest BCUT2D eigenvalue weighted by Crippen LogP contribution is 2.29. The summed E-state index contributed by atoms with van der Waals surface area (Å²) in [6, 6.07) is 11.2. The third kappa shape index (κ3) is 4.82. The third-order valence-corrected chi connectivity index (χ3v) is 6.06. The molecule has 1 aliphatic heterocycles. The van der Waals surface area contributed by atoms with Gasteiger partial charge in [-0.2, -0.15) is 4.98 Å². The molecule has 9 nitrogen and oxygen atoms in total. The van der Waals surface area contributed by atoms with Gasteiger partial charge < -0.3 is 21.3 Å². The second kappa shape index (κ2) is 9.33. The van der Waals surface area contributed by atoms with Crippen LogP contribution in [0.4, 0.5) is 33.2 Å². The Hall–Kier alpha value is -3.86. The number of halogens is 1. The highest BCUT2D eigenvalue weighted by atomic mass is 32.2. The predicted octanol–water partition coefficient (Wildman–Crippen LogP) is 3.07. The number of aromatic nitrogens is 2. The Kier molecular flexibility index (Phi) is 6.31. The predicted molar refractivity (Wildman–Crippen MR) is 124 cm³/mol. The van der Waals surface area contributed by atoms with Gasteiger partial charge >= 0.3 is 0 Å². The Balaban J connectivity index is 1.67. The van der Waals surface area contributed by atoms with Crippen molar-refractivity contribution in [2.24, 2.45) is 5.73 Å². The van der Waals surface area contributed by atoms with Crippen LogP contribution in [0.15, 0.2) is 53.6 Å². The number of hydrogen-bond acceptors (Lipinski definition) is 7. The van der Waals surface area contributed by atoms with Crippen molar-refractivity contribution >= 4 is 51.4 Å². The third-order valence-electron chi connectivity index (χ3n) is 5.09. The maximum absolute atomic E-state index is 14.5.